The van der Waals surface area contributed by atoms with Crippen LogP contribution in [-0.2, 0) is 13.0 Å². The summed E-state index contributed by atoms with van der Waals surface area (Å²) in [6, 6.07) is 12.1. The Morgan fingerprint density at radius 3 is 2.79 bits per heavy atom. The normalized spacial score (nSPS) is 10.4. The van der Waals surface area contributed by atoms with E-state index >= 15 is 0 Å². The van der Waals surface area contributed by atoms with E-state index in [0.29, 0.717) is 5.88 Å². The van der Waals surface area contributed by atoms with Gasteiger partial charge in [-0.05, 0) is 42.3 Å². The highest BCUT2D eigenvalue weighted by molar-refractivity contribution is 5.32. The van der Waals surface area contributed by atoms with Crippen LogP contribution in [0.2, 0.25) is 0 Å². The first kappa shape index (κ1) is 13.6. The molecule has 3 nitrogen and oxygen atoms in total. The lowest BCUT2D eigenvalue weighted by molar-refractivity contribution is 0.461. The zero-order chi connectivity index (χ0) is 13.5. The number of hydrogen-bond acceptors (Lipinski definition) is 3. The molecule has 0 atom stereocenters. The van der Waals surface area contributed by atoms with E-state index in [1.165, 1.54) is 11.1 Å². The Kier molecular flexibility index (Phi) is 4.93. The fraction of sp³-hybridized carbons (Fsp3) is 0.312. The Bertz CT molecular complexity index is 526. The number of aromatic nitrogens is 1. The maximum absolute atomic E-state index is 5.80. The molecule has 0 fully saturated rings. The predicted octanol–water partition coefficient (Wildman–Crippen LogP) is 3.55. The van der Waals surface area contributed by atoms with Gasteiger partial charge in [0.15, 0.2) is 0 Å². The minimum absolute atomic E-state index is 0.642. The SMILES string of the molecule is CCNCc1ccnc(Oc2cccc(CC)c2)c1. The van der Waals surface area contributed by atoms with Crippen molar-refractivity contribution in [2.75, 3.05) is 6.54 Å². The second-order valence-corrected chi connectivity index (χ2v) is 4.39. The number of pyridine rings is 1. The Balaban J connectivity index is 2.09. The van der Waals surface area contributed by atoms with Crippen LogP contribution in [0, 0.1) is 0 Å². The van der Waals surface area contributed by atoms with E-state index in [1.807, 2.05) is 24.3 Å². The largest absolute Gasteiger partial charge is 0.439 e. The molecular formula is C16H20N2O. The third-order valence-electron chi connectivity index (χ3n) is 2.91. The molecule has 1 aromatic heterocycles. The summed E-state index contributed by atoms with van der Waals surface area (Å²) in [6.45, 7) is 6.02. The fourth-order valence-corrected chi connectivity index (χ4v) is 1.84. The maximum Gasteiger partial charge on any atom is 0.219 e. The van der Waals surface area contributed by atoms with Gasteiger partial charge in [0.05, 0.1) is 0 Å². The first-order valence-electron chi connectivity index (χ1n) is 6.74. The number of benzene rings is 1. The second kappa shape index (κ2) is 6.90. The summed E-state index contributed by atoms with van der Waals surface area (Å²) in [4.78, 5) is 4.25. The van der Waals surface area contributed by atoms with Gasteiger partial charge >= 0.3 is 0 Å². The Labute approximate surface area is 114 Å². The van der Waals surface area contributed by atoms with Crippen molar-refractivity contribution >= 4 is 0 Å². The van der Waals surface area contributed by atoms with Crippen LogP contribution in [-0.4, -0.2) is 11.5 Å². The van der Waals surface area contributed by atoms with Crippen LogP contribution in [0.4, 0.5) is 0 Å². The van der Waals surface area contributed by atoms with Gasteiger partial charge in [0, 0.05) is 18.8 Å². The molecule has 0 saturated carbocycles. The van der Waals surface area contributed by atoms with E-state index in [1.54, 1.807) is 6.20 Å². The number of ether oxygens (including phenoxy) is 1. The van der Waals surface area contributed by atoms with Gasteiger partial charge < -0.3 is 10.1 Å². The first-order valence-corrected chi connectivity index (χ1v) is 6.74. The van der Waals surface area contributed by atoms with Gasteiger partial charge in [-0.25, -0.2) is 4.98 Å². The van der Waals surface area contributed by atoms with Crippen LogP contribution >= 0.6 is 0 Å². The molecule has 0 aliphatic rings. The van der Waals surface area contributed by atoms with E-state index in [0.717, 1.165) is 25.3 Å². The smallest absolute Gasteiger partial charge is 0.219 e. The zero-order valence-electron chi connectivity index (χ0n) is 11.5. The van der Waals surface area contributed by atoms with Gasteiger partial charge in [0.25, 0.3) is 0 Å². The summed E-state index contributed by atoms with van der Waals surface area (Å²) in [7, 11) is 0. The van der Waals surface area contributed by atoms with E-state index in [4.69, 9.17) is 4.74 Å². The molecule has 0 aliphatic heterocycles. The molecule has 1 N–H and O–H groups in total. The quantitative estimate of drug-likeness (QED) is 0.858. The van der Waals surface area contributed by atoms with Crippen molar-refractivity contribution in [2.24, 2.45) is 0 Å². The van der Waals surface area contributed by atoms with Crippen LogP contribution in [0.5, 0.6) is 11.6 Å². The number of rotatable bonds is 6. The average molecular weight is 256 g/mol. The molecule has 0 spiro atoms. The summed E-state index contributed by atoms with van der Waals surface area (Å²) in [6.07, 6.45) is 2.79. The molecule has 0 aliphatic carbocycles. The zero-order valence-corrected chi connectivity index (χ0v) is 11.5. The lowest BCUT2D eigenvalue weighted by atomic mass is 10.2. The lowest BCUT2D eigenvalue weighted by Crippen LogP contribution is -2.11. The lowest BCUT2D eigenvalue weighted by Gasteiger charge is -2.08. The number of aryl methyl sites for hydroxylation is 1. The van der Waals surface area contributed by atoms with E-state index in [-0.39, 0.29) is 0 Å². The Hall–Kier alpha value is -1.87. The Morgan fingerprint density at radius 1 is 1.11 bits per heavy atom. The third kappa shape index (κ3) is 4.07. The van der Waals surface area contributed by atoms with Crippen LogP contribution in [0.25, 0.3) is 0 Å². The number of nitrogens with one attached hydrogen (secondary N) is 1. The van der Waals surface area contributed by atoms with Gasteiger partial charge in [-0.15, -0.1) is 0 Å². The van der Waals surface area contributed by atoms with Crippen LogP contribution in [0.15, 0.2) is 42.6 Å². The van der Waals surface area contributed by atoms with Crippen LogP contribution in [0.1, 0.15) is 25.0 Å². The predicted molar refractivity (Wildman–Crippen MR) is 77.5 cm³/mol. The standard InChI is InChI=1S/C16H20N2O/c1-3-13-6-5-7-15(10-13)19-16-11-14(8-9-18-16)12-17-4-2/h5-11,17H,3-4,12H2,1-2H3. The number of nitrogens with zero attached hydrogens (tertiary/aromatic N) is 1. The first-order chi connectivity index (χ1) is 9.31. The molecule has 0 radical (unpaired) electrons. The van der Waals surface area contributed by atoms with Crippen molar-refractivity contribution in [1.82, 2.24) is 10.3 Å². The van der Waals surface area contributed by atoms with Crippen LogP contribution < -0.4 is 10.1 Å². The van der Waals surface area contributed by atoms with E-state index in [2.05, 4.69) is 36.3 Å². The van der Waals surface area contributed by atoms with E-state index in [9.17, 15) is 0 Å². The van der Waals surface area contributed by atoms with Crippen molar-refractivity contribution in [3.63, 3.8) is 0 Å². The molecular weight excluding hydrogens is 236 g/mol. The second-order valence-electron chi connectivity index (χ2n) is 4.39. The molecule has 2 aromatic rings. The third-order valence-corrected chi connectivity index (χ3v) is 2.91. The average Bonchev–Trinajstić information content (AvgIpc) is 2.46. The monoisotopic (exact) mass is 256 g/mol. The Morgan fingerprint density at radius 2 is 2.00 bits per heavy atom. The van der Waals surface area contributed by atoms with Gasteiger partial charge in [-0.3, -0.25) is 0 Å². The summed E-state index contributed by atoms with van der Waals surface area (Å²) in [5, 5.41) is 3.29. The van der Waals surface area contributed by atoms with Crippen molar-refractivity contribution in [1.29, 1.82) is 0 Å². The van der Waals surface area contributed by atoms with E-state index < -0.39 is 0 Å². The van der Waals surface area contributed by atoms with Gasteiger partial charge in [-0.2, -0.15) is 0 Å². The van der Waals surface area contributed by atoms with Crippen LogP contribution in [0.3, 0.4) is 0 Å². The van der Waals surface area contributed by atoms with Gasteiger partial charge in [0.1, 0.15) is 5.75 Å². The van der Waals surface area contributed by atoms with Crippen molar-refractivity contribution in [3.8, 4) is 11.6 Å². The van der Waals surface area contributed by atoms with Gasteiger partial charge in [-0.1, -0.05) is 26.0 Å². The molecule has 2 rings (SSSR count). The molecule has 0 amide bonds. The fourth-order valence-electron chi connectivity index (χ4n) is 1.84. The summed E-state index contributed by atoms with van der Waals surface area (Å²) in [5.41, 5.74) is 2.44. The molecule has 0 saturated heterocycles. The maximum atomic E-state index is 5.80. The highest BCUT2D eigenvalue weighted by Gasteiger charge is 2.01. The highest BCUT2D eigenvalue weighted by atomic mass is 16.5. The highest BCUT2D eigenvalue weighted by Crippen LogP contribution is 2.21. The molecule has 3 heteroatoms. The van der Waals surface area contributed by atoms with Gasteiger partial charge in [0.2, 0.25) is 5.88 Å². The van der Waals surface area contributed by atoms with Crippen molar-refractivity contribution < 1.29 is 4.74 Å². The summed E-state index contributed by atoms with van der Waals surface area (Å²) < 4.78 is 5.80. The summed E-state index contributed by atoms with van der Waals surface area (Å²) >= 11 is 0. The molecule has 0 unspecified atom stereocenters. The topological polar surface area (TPSA) is 34.2 Å². The molecule has 1 aromatic carbocycles. The number of hydrogen-bond donors (Lipinski definition) is 1. The minimum Gasteiger partial charge on any atom is -0.439 e. The molecule has 0 bridgehead atoms. The minimum atomic E-state index is 0.642. The van der Waals surface area contributed by atoms with Crippen molar-refractivity contribution in [3.05, 3.63) is 53.7 Å². The summed E-state index contributed by atoms with van der Waals surface area (Å²) in [5.74, 6) is 1.48. The molecule has 100 valence electrons. The molecule has 1 heterocycles. The van der Waals surface area contributed by atoms with Crippen molar-refractivity contribution in [2.45, 2.75) is 26.8 Å². The molecule has 19 heavy (non-hydrogen) atoms.